The molecule has 3 rings (SSSR count). The van der Waals surface area contributed by atoms with E-state index in [1.54, 1.807) is 30.3 Å². The van der Waals surface area contributed by atoms with Crippen molar-refractivity contribution < 1.29 is 14.3 Å². The van der Waals surface area contributed by atoms with Crippen LogP contribution in [0.4, 0.5) is 10.5 Å². The number of aromatic nitrogens is 2. The van der Waals surface area contributed by atoms with Crippen molar-refractivity contribution >= 4 is 17.6 Å². The first-order valence-corrected chi connectivity index (χ1v) is 7.48. The van der Waals surface area contributed by atoms with Gasteiger partial charge in [-0.3, -0.25) is 14.6 Å². The predicted octanol–water partition coefficient (Wildman–Crippen LogP) is 0.433. The molecule has 0 radical (unpaired) electrons. The molecule has 2 heterocycles. The third-order valence-corrected chi connectivity index (χ3v) is 3.92. The molecule has 130 valence electrons. The number of para-hydroxylation sites is 1. The molecule has 1 aromatic heterocycles. The molecule has 1 fully saturated rings. The Labute approximate surface area is 143 Å². The molecule has 0 bridgehead atoms. The second kappa shape index (κ2) is 6.36. The number of nitrogens with one attached hydrogen (secondary N) is 1. The molecule has 0 aliphatic carbocycles. The molecule has 1 saturated heterocycles. The van der Waals surface area contributed by atoms with Gasteiger partial charge in [-0.25, -0.2) is 19.8 Å². The van der Waals surface area contributed by atoms with Crippen molar-refractivity contribution in [3.63, 3.8) is 0 Å². The molecule has 25 heavy (non-hydrogen) atoms. The highest BCUT2D eigenvalue weighted by atomic mass is 16.5. The van der Waals surface area contributed by atoms with Gasteiger partial charge in [0, 0.05) is 19.7 Å². The summed E-state index contributed by atoms with van der Waals surface area (Å²) in [6.07, 6.45) is 1.38. The minimum absolute atomic E-state index is 0.000823. The van der Waals surface area contributed by atoms with Crippen LogP contribution < -0.4 is 20.6 Å². The molecule has 1 N–H and O–H groups in total. The van der Waals surface area contributed by atoms with Crippen molar-refractivity contribution in [3.05, 3.63) is 52.4 Å². The van der Waals surface area contributed by atoms with Crippen molar-refractivity contribution in [1.82, 2.24) is 20.2 Å². The lowest BCUT2D eigenvalue weighted by atomic mass is 10.1. The van der Waals surface area contributed by atoms with Crippen molar-refractivity contribution in [2.24, 2.45) is 7.05 Å². The average molecular weight is 343 g/mol. The molecular formula is C16H17N5O4. The van der Waals surface area contributed by atoms with Crippen LogP contribution in [-0.4, -0.2) is 40.9 Å². The van der Waals surface area contributed by atoms with E-state index in [1.165, 1.54) is 32.4 Å². The number of carbonyl (C=O) groups is 2. The number of hydrogen-bond acceptors (Lipinski definition) is 6. The van der Waals surface area contributed by atoms with Gasteiger partial charge in [0.2, 0.25) is 0 Å². The Hall–Kier alpha value is -3.20. The molecule has 1 aliphatic heterocycles. The maximum absolute atomic E-state index is 13.0. The average Bonchev–Trinajstić information content (AvgIpc) is 2.62. The number of nitrogens with zero attached hydrogens (tertiary/aromatic N) is 4. The van der Waals surface area contributed by atoms with Crippen LogP contribution in [0.1, 0.15) is 11.6 Å². The lowest BCUT2D eigenvalue weighted by Gasteiger charge is -2.37. The van der Waals surface area contributed by atoms with Gasteiger partial charge in [-0.2, -0.15) is 5.10 Å². The van der Waals surface area contributed by atoms with Crippen LogP contribution in [0.2, 0.25) is 0 Å². The van der Waals surface area contributed by atoms with Crippen molar-refractivity contribution in [2.45, 2.75) is 6.04 Å². The Balaban J connectivity index is 2.09. The van der Waals surface area contributed by atoms with E-state index in [0.29, 0.717) is 5.69 Å². The van der Waals surface area contributed by atoms with E-state index in [4.69, 9.17) is 4.74 Å². The summed E-state index contributed by atoms with van der Waals surface area (Å²) in [6.45, 7) is 0. The Morgan fingerprint density at radius 1 is 1.12 bits per heavy atom. The predicted molar refractivity (Wildman–Crippen MR) is 89.0 cm³/mol. The molecule has 1 aliphatic rings. The number of imide groups is 1. The molecule has 1 unspecified atom stereocenters. The van der Waals surface area contributed by atoms with E-state index in [0.717, 1.165) is 9.58 Å². The highest BCUT2D eigenvalue weighted by Crippen LogP contribution is 2.28. The summed E-state index contributed by atoms with van der Waals surface area (Å²) in [7, 11) is 4.33. The number of amides is 3. The van der Waals surface area contributed by atoms with Crippen molar-refractivity contribution in [3.8, 4) is 5.75 Å². The van der Waals surface area contributed by atoms with Gasteiger partial charge in [0.1, 0.15) is 6.04 Å². The van der Waals surface area contributed by atoms with E-state index < -0.39 is 23.5 Å². The van der Waals surface area contributed by atoms with Crippen molar-refractivity contribution in [2.75, 3.05) is 19.1 Å². The fourth-order valence-electron chi connectivity index (χ4n) is 2.64. The standard InChI is InChI=1S/C16H17N5O4/c1-19-15(23)13(25-3)11(9-17-19)12-14(22)21(16(24)20(2)18-12)10-7-5-4-6-8-10/h4-9,12,18H,1-3H3. The lowest BCUT2D eigenvalue weighted by Crippen LogP contribution is -2.61. The molecule has 0 spiro atoms. The summed E-state index contributed by atoms with van der Waals surface area (Å²) in [5, 5.41) is 5.14. The van der Waals surface area contributed by atoms with Gasteiger partial charge in [0.25, 0.3) is 5.91 Å². The molecule has 2 aromatic rings. The van der Waals surface area contributed by atoms with Crippen LogP contribution in [0, 0.1) is 0 Å². The molecule has 1 aromatic carbocycles. The van der Waals surface area contributed by atoms with Crippen LogP contribution in [-0.2, 0) is 11.8 Å². The van der Waals surface area contributed by atoms with E-state index in [1.807, 2.05) is 0 Å². The largest absolute Gasteiger partial charge is 0.491 e. The van der Waals surface area contributed by atoms with Crippen LogP contribution in [0.5, 0.6) is 5.75 Å². The Kier molecular flexibility index (Phi) is 4.24. The fraction of sp³-hybridized carbons (Fsp3) is 0.250. The van der Waals surface area contributed by atoms with Crippen LogP contribution in [0.3, 0.4) is 0 Å². The monoisotopic (exact) mass is 343 g/mol. The SMILES string of the molecule is COc1c(C2NN(C)C(=O)N(c3ccccc3)C2=O)cnn(C)c1=O. The Morgan fingerprint density at radius 3 is 2.44 bits per heavy atom. The van der Waals surface area contributed by atoms with E-state index in [9.17, 15) is 14.4 Å². The van der Waals surface area contributed by atoms with Gasteiger partial charge in [0.15, 0.2) is 5.75 Å². The zero-order valence-electron chi connectivity index (χ0n) is 14.0. The van der Waals surface area contributed by atoms with Crippen LogP contribution in [0.25, 0.3) is 0 Å². The molecule has 0 saturated carbocycles. The van der Waals surface area contributed by atoms with Gasteiger partial charge in [-0.15, -0.1) is 0 Å². The summed E-state index contributed by atoms with van der Waals surface area (Å²) in [5.74, 6) is -0.526. The summed E-state index contributed by atoms with van der Waals surface area (Å²) < 4.78 is 6.28. The minimum Gasteiger partial charge on any atom is -0.491 e. The van der Waals surface area contributed by atoms with Gasteiger partial charge in [-0.1, -0.05) is 18.2 Å². The van der Waals surface area contributed by atoms with Gasteiger partial charge in [0.05, 0.1) is 19.0 Å². The normalized spacial score (nSPS) is 17.8. The number of aryl methyl sites for hydroxylation is 1. The molecule has 9 heteroatoms. The smallest absolute Gasteiger partial charge is 0.345 e. The first-order valence-electron chi connectivity index (χ1n) is 7.48. The first-order chi connectivity index (χ1) is 12.0. The van der Waals surface area contributed by atoms with Crippen molar-refractivity contribution in [1.29, 1.82) is 0 Å². The van der Waals surface area contributed by atoms with Gasteiger partial charge >= 0.3 is 11.6 Å². The molecule has 3 amide bonds. The number of carbonyl (C=O) groups excluding carboxylic acids is 2. The molecular weight excluding hydrogens is 326 g/mol. The minimum atomic E-state index is -0.987. The topological polar surface area (TPSA) is 96.8 Å². The second-order valence-electron chi connectivity index (χ2n) is 5.47. The molecule has 9 nitrogen and oxygen atoms in total. The number of hydrogen-bond donors (Lipinski definition) is 1. The highest BCUT2D eigenvalue weighted by Gasteiger charge is 2.41. The number of ether oxygens (including phenoxy) is 1. The fourth-order valence-corrected chi connectivity index (χ4v) is 2.64. The summed E-state index contributed by atoms with van der Waals surface area (Å²) >= 11 is 0. The first kappa shape index (κ1) is 16.7. The number of rotatable bonds is 3. The summed E-state index contributed by atoms with van der Waals surface area (Å²) in [5.41, 5.74) is 3.00. The van der Waals surface area contributed by atoms with Gasteiger partial charge < -0.3 is 4.74 Å². The highest BCUT2D eigenvalue weighted by molar-refractivity contribution is 6.17. The number of urea groups is 1. The maximum atomic E-state index is 13.0. The van der Waals surface area contributed by atoms with E-state index >= 15 is 0 Å². The van der Waals surface area contributed by atoms with Crippen LogP contribution in [0.15, 0.2) is 41.3 Å². The zero-order chi connectivity index (χ0) is 18.1. The number of anilines is 1. The second-order valence-corrected chi connectivity index (χ2v) is 5.47. The molecule has 1 atom stereocenters. The zero-order valence-corrected chi connectivity index (χ0v) is 14.0. The third-order valence-electron chi connectivity index (χ3n) is 3.92. The lowest BCUT2D eigenvalue weighted by molar-refractivity contribution is -0.122. The Bertz CT molecular complexity index is 880. The van der Waals surface area contributed by atoms with E-state index in [2.05, 4.69) is 10.5 Å². The third kappa shape index (κ3) is 2.74. The summed E-state index contributed by atoms with van der Waals surface area (Å²) in [4.78, 5) is 38.7. The van der Waals surface area contributed by atoms with Crippen LogP contribution >= 0.6 is 0 Å². The van der Waals surface area contributed by atoms with E-state index in [-0.39, 0.29) is 11.3 Å². The maximum Gasteiger partial charge on any atom is 0.345 e. The Morgan fingerprint density at radius 2 is 1.80 bits per heavy atom. The quantitative estimate of drug-likeness (QED) is 0.868. The number of methoxy groups -OCH3 is 1. The van der Waals surface area contributed by atoms with Gasteiger partial charge in [-0.05, 0) is 12.1 Å². The summed E-state index contributed by atoms with van der Waals surface area (Å²) in [6, 6.07) is 7.05. The number of hydrazine groups is 1. The number of benzene rings is 1.